The minimum atomic E-state index is -0.552. The molecule has 3 nitrogen and oxygen atoms in total. The fraction of sp³-hybridized carbons (Fsp3) is 0.600. The molecule has 2 rings (SSSR count). The van der Waals surface area contributed by atoms with Crippen LogP contribution in [0.3, 0.4) is 0 Å². The van der Waals surface area contributed by atoms with Crippen LogP contribution >= 0.6 is 0 Å². The monoisotopic (exact) mass is 266 g/mol. The summed E-state index contributed by atoms with van der Waals surface area (Å²) < 4.78 is 13.2. The molecule has 0 aliphatic carbocycles. The third-order valence-corrected chi connectivity index (χ3v) is 3.84. The molecule has 1 saturated heterocycles. The minimum Gasteiger partial charge on any atom is -0.505 e. The molecule has 1 fully saturated rings. The van der Waals surface area contributed by atoms with Crippen molar-refractivity contribution in [3.05, 3.63) is 29.6 Å². The number of hydrogen-bond donors (Lipinski definition) is 2. The minimum absolute atomic E-state index is 0.236. The molecule has 1 unspecified atom stereocenters. The summed E-state index contributed by atoms with van der Waals surface area (Å²) in [6, 6.07) is 5.13. The van der Waals surface area contributed by atoms with E-state index in [0.717, 1.165) is 6.54 Å². The van der Waals surface area contributed by atoms with Crippen LogP contribution in [0.15, 0.2) is 18.2 Å². The lowest BCUT2D eigenvalue weighted by molar-refractivity contribution is 0.170. The smallest absolute Gasteiger partial charge is 0.165 e. The molecular weight excluding hydrogens is 243 g/mol. The van der Waals surface area contributed by atoms with Crippen molar-refractivity contribution in [3.63, 3.8) is 0 Å². The van der Waals surface area contributed by atoms with Crippen molar-refractivity contribution < 1.29 is 9.50 Å². The van der Waals surface area contributed by atoms with Gasteiger partial charge in [0.05, 0.1) is 0 Å². The number of phenols is 1. The highest BCUT2D eigenvalue weighted by Gasteiger charge is 2.16. The molecule has 0 spiro atoms. The van der Waals surface area contributed by atoms with E-state index in [0.29, 0.717) is 18.2 Å². The van der Waals surface area contributed by atoms with E-state index in [4.69, 9.17) is 0 Å². The Kier molecular flexibility index (Phi) is 5.16. The van der Waals surface area contributed by atoms with Crippen molar-refractivity contribution in [1.82, 2.24) is 10.2 Å². The topological polar surface area (TPSA) is 35.5 Å². The van der Waals surface area contributed by atoms with Gasteiger partial charge in [-0.3, -0.25) is 4.90 Å². The largest absolute Gasteiger partial charge is 0.505 e. The molecule has 1 heterocycles. The maximum atomic E-state index is 13.2. The van der Waals surface area contributed by atoms with Crippen molar-refractivity contribution in [2.45, 2.75) is 38.8 Å². The van der Waals surface area contributed by atoms with Crippen LogP contribution in [-0.2, 0) is 6.54 Å². The van der Waals surface area contributed by atoms with Gasteiger partial charge >= 0.3 is 0 Å². The molecule has 0 bridgehead atoms. The molecule has 1 aromatic carbocycles. The second-order valence-corrected chi connectivity index (χ2v) is 5.32. The predicted molar refractivity (Wildman–Crippen MR) is 74.7 cm³/mol. The van der Waals surface area contributed by atoms with Gasteiger partial charge in [0.2, 0.25) is 0 Å². The van der Waals surface area contributed by atoms with E-state index in [1.54, 1.807) is 12.1 Å². The van der Waals surface area contributed by atoms with Crippen molar-refractivity contribution in [2.75, 3.05) is 19.6 Å². The van der Waals surface area contributed by atoms with Gasteiger partial charge in [-0.15, -0.1) is 0 Å². The van der Waals surface area contributed by atoms with Crippen LogP contribution in [0.25, 0.3) is 0 Å². The fourth-order valence-corrected chi connectivity index (χ4v) is 2.61. The third kappa shape index (κ3) is 3.91. The van der Waals surface area contributed by atoms with E-state index in [2.05, 4.69) is 17.1 Å². The Labute approximate surface area is 114 Å². The summed E-state index contributed by atoms with van der Waals surface area (Å²) in [5, 5.41) is 12.9. The highest BCUT2D eigenvalue weighted by molar-refractivity contribution is 5.33. The van der Waals surface area contributed by atoms with Crippen molar-refractivity contribution in [2.24, 2.45) is 0 Å². The van der Waals surface area contributed by atoms with Gasteiger partial charge in [-0.05, 0) is 38.9 Å². The second kappa shape index (κ2) is 6.87. The number of benzene rings is 1. The van der Waals surface area contributed by atoms with Gasteiger partial charge in [0.1, 0.15) is 0 Å². The Balaban J connectivity index is 1.78. The number of nitrogens with zero attached hydrogens (tertiary/aromatic N) is 1. The number of rotatable bonds is 5. The lowest BCUT2D eigenvalue weighted by Crippen LogP contribution is -2.42. The first-order chi connectivity index (χ1) is 9.18. The Morgan fingerprint density at radius 3 is 2.79 bits per heavy atom. The summed E-state index contributed by atoms with van der Waals surface area (Å²) in [5.74, 6) is -0.788. The lowest BCUT2D eigenvalue weighted by Gasteiger charge is -2.32. The molecule has 1 atom stereocenters. The Bertz CT molecular complexity index is 405. The van der Waals surface area contributed by atoms with Crippen LogP contribution < -0.4 is 5.32 Å². The van der Waals surface area contributed by atoms with Crippen LogP contribution in [-0.4, -0.2) is 35.7 Å². The summed E-state index contributed by atoms with van der Waals surface area (Å²) in [6.45, 7) is 5.92. The molecule has 0 saturated carbocycles. The number of hydrogen-bond acceptors (Lipinski definition) is 3. The quantitative estimate of drug-likeness (QED) is 0.859. The van der Waals surface area contributed by atoms with Gasteiger partial charge in [0.15, 0.2) is 11.6 Å². The van der Waals surface area contributed by atoms with Gasteiger partial charge in [0.25, 0.3) is 0 Å². The number of likely N-dealkylation sites (tertiary alicyclic amines) is 1. The number of nitrogens with one attached hydrogen (secondary N) is 1. The van der Waals surface area contributed by atoms with Crippen LogP contribution in [0, 0.1) is 5.82 Å². The summed E-state index contributed by atoms with van der Waals surface area (Å²) >= 11 is 0. The van der Waals surface area contributed by atoms with Crippen LogP contribution in [0.1, 0.15) is 31.7 Å². The normalized spacial score (nSPS) is 18.4. The van der Waals surface area contributed by atoms with Gasteiger partial charge in [0, 0.05) is 24.7 Å². The Morgan fingerprint density at radius 2 is 2.05 bits per heavy atom. The average molecular weight is 266 g/mol. The number of piperidine rings is 1. The van der Waals surface area contributed by atoms with Gasteiger partial charge < -0.3 is 10.4 Å². The van der Waals surface area contributed by atoms with Crippen molar-refractivity contribution >= 4 is 0 Å². The Morgan fingerprint density at radius 1 is 1.32 bits per heavy atom. The summed E-state index contributed by atoms with van der Waals surface area (Å²) in [7, 11) is 0. The zero-order chi connectivity index (χ0) is 13.7. The molecule has 0 amide bonds. The van der Waals surface area contributed by atoms with Gasteiger partial charge in [-0.1, -0.05) is 18.6 Å². The first kappa shape index (κ1) is 14.3. The van der Waals surface area contributed by atoms with Crippen LogP contribution in [0.2, 0.25) is 0 Å². The average Bonchev–Trinajstić information content (AvgIpc) is 2.44. The fourth-order valence-electron chi connectivity index (χ4n) is 2.61. The zero-order valence-electron chi connectivity index (χ0n) is 11.5. The molecule has 106 valence electrons. The SMILES string of the molecule is CC(CNCc1cccc(F)c1O)N1CCCCC1. The van der Waals surface area contributed by atoms with E-state index in [1.165, 1.54) is 38.4 Å². The Hall–Kier alpha value is -1.13. The van der Waals surface area contributed by atoms with Crippen molar-refractivity contribution in [3.8, 4) is 5.75 Å². The van der Waals surface area contributed by atoms with Crippen molar-refractivity contribution in [1.29, 1.82) is 0 Å². The molecular formula is C15H23FN2O. The molecule has 4 heteroatoms. The molecule has 1 aromatic rings. The standard InChI is InChI=1S/C15H23FN2O/c1-12(18-8-3-2-4-9-18)10-17-11-13-6-5-7-14(16)15(13)19/h5-7,12,17,19H,2-4,8-11H2,1H3. The summed E-state index contributed by atoms with van der Waals surface area (Å²) in [5.41, 5.74) is 0.617. The highest BCUT2D eigenvalue weighted by atomic mass is 19.1. The molecule has 19 heavy (non-hydrogen) atoms. The number of para-hydroxylation sites is 1. The first-order valence-electron chi connectivity index (χ1n) is 7.09. The van der Waals surface area contributed by atoms with Crippen LogP contribution in [0.5, 0.6) is 5.75 Å². The van der Waals surface area contributed by atoms with Gasteiger partial charge in [-0.2, -0.15) is 0 Å². The van der Waals surface area contributed by atoms with E-state index in [1.807, 2.05) is 0 Å². The maximum Gasteiger partial charge on any atom is 0.165 e. The number of phenolic OH excluding ortho intramolecular Hbond substituents is 1. The van der Waals surface area contributed by atoms with E-state index in [-0.39, 0.29) is 5.75 Å². The highest BCUT2D eigenvalue weighted by Crippen LogP contribution is 2.20. The molecule has 1 aliphatic heterocycles. The van der Waals surface area contributed by atoms with E-state index < -0.39 is 5.82 Å². The first-order valence-corrected chi connectivity index (χ1v) is 7.09. The predicted octanol–water partition coefficient (Wildman–Crippen LogP) is 2.50. The molecule has 1 aliphatic rings. The van der Waals surface area contributed by atoms with E-state index >= 15 is 0 Å². The van der Waals surface area contributed by atoms with E-state index in [9.17, 15) is 9.50 Å². The summed E-state index contributed by atoms with van der Waals surface area (Å²) in [6.07, 6.45) is 3.91. The second-order valence-electron chi connectivity index (χ2n) is 5.32. The maximum absolute atomic E-state index is 13.2. The molecule has 2 N–H and O–H groups in total. The third-order valence-electron chi connectivity index (χ3n) is 3.84. The van der Waals surface area contributed by atoms with Crippen LogP contribution in [0.4, 0.5) is 4.39 Å². The summed E-state index contributed by atoms with van der Waals surface area (Å²) in [4.78, 5) is 2.49. The number of aromatic hydroxyl groups is 1. The van der Waals surface area contributed by atoms with Gasteiger partial charge in [-0.25, -0.2) is 4.39 Å². The zero-order valence-corrected chi connectivity index (χ0v) is 11.5. The number of halogens is 1. The molecule has 0 aromatic heterocycles. The molecule has 0 radical (unpaired) electrons. The lowest BCUT2D eigenvalue weighted by atomic mass is 10.1.